The summed E-state index contributed by atoms with van der Waals surface area (Å²) in [7, 11) is 0. The van der Waals surface area contributed by atoms with Crippen LogP contribution in [0.2, 0.25) is 5.02 Å². The Morgan fingerprint density at radius 3 is 2.42 bits per heavy atom. The summed E-state index contributed by atoms with van der Waals surface area (Å²) in [6, 6.07) is 12.2. The van der Waals surface area contributed by atoms with Crippen LogP contribution in [0.3, 0.4) is 0 Å². The fraction of sp³-hybridized carbons (Fsp3) is 0.200. The normalized spacial score (nSPS) is 12.4. The first-order chi connectivity index (χ1) is 9.04. The van der Waals surface area contributed by atoms with Crippen LogP contribution in [0, 0.1) is 5.82 Å². The van der Waals surface area contributed by atoms with Crippen LogP contribution in [-0.4, -0.2) is 11.2 Å². The molecule has 0 aliphatic heterocycles. The summed E-state index contributed by atoms with van der Waals surface area (Å²) in [6.07, 6.45) is 0.483. The molecule has 0 aliphatic rings. The minimum Gasteiger partial charge on any atom is -0.392 e. The molecule has 0 fully saturated rings. The van der Waals surface area contributed by atoms with Gasteiger partial charge in [-0.15, -0.1) is 0 Å². The SMILES string of the molecule is OC(Cc1cccc(Cl)c1)Cc1ccc(F)c(Br)c1. The van der Waals surface area contributed by atoms with Gasteiger partial charge in [-0.1, -0.05) is 29.8 Å². The van der Waals surface area contributed by atoms with Crippen molar-refractivity contribution >= 4 is 27.5 Å². The molecule has 0 amide bonds. The van der Waals surface area contributed by atoms with Crippen molar-refractivity contribution in [1.29, 1.82) is 0 Å². The van der Waals surface area contributed by atoms with E-state index >= 15 is 0 Å². The summed E-state index contributed by atoms with van der Waals surface area (Å²) < 4.78 is 13.5. The zero-order valence-corrected chi connectivity index (χ0v) is 12.5. The topological polar surface area (TPSA) is 20.2 Å². The molecule has 2 aromatic carbocycles. The molecule has 1 unspecified atom stereocenters. The van der Waals surface area contributed by atoms with E-state index in [4.69, 9.17) is 11.6 Å². The van der Waals surface area contributed by atoms with Gasteiger partial charge < -0.3 is 5.11 Å². The largest absolute Gasteiger partial charge is 0.392 e. The highest BCUT2D eigenvalue weighted by Crippen LogP contribution is 2.19. The predicted octanol–water partition coefficient (Wildman–Crippen LogP) is 4.39. The fourth-order valence-corrected chi connectivity index (χ4v) is 2.59. The van der Waals surface area contributed by atoms with Crippen LogP contribution >= 0.6 is 27.5 Å². The van der Waals surface area contributed by atoms with Crippen molar-refractivity contribution in [2.45, 2.75) is 18.9 Å². The Morgan fingerprint density at radius 2 is 1.79 bits per heavy atom. The average Bonchev–Trinajstić information content (AvgIpc) is 2.34. The Morgan fingerprint density at radius 1 is 1.11 bits per heavy atom. The molecule has 4 heteroatoms. The van der Waals surface area contributed by atoms with E-state index in [2.05, 4.69) is 15.9 Å². The van der Waals surface area contributed by atoms with E-state index in [9.17, 15) is 9.50 Å². The van der Waals surface area contributed by atoms with Gasteiger partial charge >= 0.3 is 0 Å². The first-order valence-electron chi connectivity index (χ1n) is 5.91. The maximum atomic E-state index is 13.1. The van der Waals surface area contributed by atoms with Crippen molar-refractivity contribution in [2.75, 3.05) is 0 Å². The van der Waals surface area contributed by atoms with Gasteiger partial charge in [-0.25, -0.2) is 4.39 Å². The Kier molecular flexibility index (Phi) is 4.97. The number of hydrogen-bond acceptors (Lipinski definition) is 1. The lowest BCUT2D eigenvalue weighted by atomic mass is 10.0. The minimum absolute atomic E-state index is 0.298. The van der Waals surface area contributed by atoms with Gasteiger partial charge in [-0.3, -0.25) is 0 Å². The first kappa shape index (κ1) is 14.5. The molecular formula is C15H13BrClFO. The molecule has 2 rings (SSSR count). The molecule has 0 heterocycles. The van der Waals surface area contributed by atoms with Crippen LogP contribution in [0.15, 0.2) is 46.9 Å². The highest BCUT2D eigenvalue weighted by atomic mass is 79.9. The summed E-state index contributed by atoms with van der Waals surface area (Å²) in [5, 5.41) is 10.7. The van der Waals surface area contributed by atoms with Crippen molar-refractivity contribution in [3.63, 3.8) is 0 Å². The van der Waals surface area contributed by atoms with Gasteiger partial charge in [-0.2, -0.15) is 0 Å². The van der Waals surface area contributed by atoms with Crippen molar-refractivity contribution in [3.8, 4) is 0 Å². The highest BCUT2D eigenvalue weighted by molar-refractivity contribution is 9.10. The molecule has 2 aromatic rings. The number of benzene rings is 2. The number of aliphatic hydroxyl groups excluding tert-OH is 1. The van der Waals surface area contributed by atoms with E-state index in [0.717, 1.165) is 11.1 Å². The third-order valence-corrected chi connectivity index (χ3v) is 3.66. The van der Waals surface area contributed by atoms with Crippen molar-refractivity contribution in [3.05, 3.63) is 68.9 Å². The Hall–Kier alpha value is -0.900. The van der Waals surface area contributed by atoms with Gasteiger partial charge in [-0.05, 0) is 64.2 Å². The lowest BCUT2D eigenvalue weighted by molar-refractivity contribution is 0.175. The lowest BCUT2D eigenvalue weighted by Gasteiger charge is -2.11. The van der Waals surface area contributed by atoms with E-state index in [1.165, 1.54) is 6.07 Å². The number of hydrogen-bond donors (Lipinski definition) is 1. The van der Waals surface area contributed by atoms with Crippen molar-refractivity contribution in [2.24, 2.45) is 0 Å². The fourth-order valence-electron chi connectivity index (χ4n) is 1.95. The van der Waals surface area contributed by atoms with E-state index in [-0.39, 0.29) is 5.82 Å². The number of rotatable bonds is 4. The monoisotopic (exact) mass is 342 g/mol. The van der Waals surface area contributed by atoms with Crippen LogP contribution < -0.4 is 0 Å². The second-order valence-electron chi connectivity index (χ2n) is 4.44. The zero-order valence-electron chi connectivity index (χ0n) is 10.1. The third-order valence-electron chi connectivity index (χ3n) is 2.82. The summed E-state index contributed by atoms with van der Waals surface area (Å²) in [5.41, 5.74) is 1.88. The molecule has 1 N–H and O–H groups in total. The standard InChI is InChI=1S/C15H13BrClFO/c16-14-9-11(4-5-15(14)18)8-13(19)7-10-2-1-3-12(17)6-10/h1-6,9,13,19H,7-8H2. The van der Waals surface area contributed by atoms with Gasteiger partial charge in [0.2, 0.25) is 0 Å². The molecule has 1 atom stereocenters. The molecule has 0 aliphatic carbocycles. The molecule has 1 nitrogen and oxygen atoms in total. The lowest BCUT2D eigenvalue weighted by Crippen LogP contribution is -2.14. The highest BCUT2D eigenvalue weighted by Gasteiger charge is 2.09. The Balaban J connectivity index is 2.01. The molecule has 0 saturated carbocycles. The molecule has 0 spiro atoms. The number of halogens is 3. The van der Waals surface area contributed by atoms with E-state index < -0.39 is 6.10 Å². The second-order valence-corrected chi connectivity index (χ2v) is 5.73. The van der Waals surface area contributed by atoms with E-state index in [1.807, 2.05) is 18.2 Å². The van der Waals surface area contributed by atoms with Crippen LogP contribution in [0.4, 0.5) is 4.39 Å². The number of aliphatic hydroxyl groups is 1. The van der Waals surface area contributed by atoms with Crippen LogP contribution in [-0.2, 0) is 12.8 Å². The molecular weight excluding hydrogens is 331 g/mol. The molecule has 0 radical (unpaired) electrons. The smallest absolute Gasteiger partial charge is 0.137 e. The summed E-state index contributed by atoms with van der Waals surface area (Å²) in [4.78, 5) is 0. The van der Waals surface area contributed by atoms with Crippen LogP contribution in [0.5, 0.6) is 0 Å². The zero-order chi connectivity index (χ0) is 13.8. The van der Waals surface area contributed by atoms with Gasteiger partial charge in [0.15, 0.2) is 0 Å². The van der Waals surface area contributed by atoms with Gasteiger partial charge in [0.05, 0.1) is 10.6 Å². The van der Waals surface area contributed by atoms with Crippen LogP contribution in [0.1, 0.15) is 11.1 Å². The Labute approximate surface area is 125 Å². The second kappa shape index (κ2) is 6.51. The molecule has 0 aromatic heterocycles. The third kappa shape index (κ3) is 4.30. The van der Waals surface area contributed by atoms with Gasteiger partial charge in [0.25, 0.3) is 0 Å². The quantitative estimate of drug-likeness (QED) is 0.873. The summed E-state index contributed by atoms with van der Waals surface area (Å²) in [5.74, 6) is -0.298. The van der Waals surface area contributed by atoms with E-state index in [1.54, 1.807) is 18.2 Å². The van der Waals surface area contributed by atoms with Crippen LogP contribution in [0.25, 0.3) is 0 Å². The molecule has 100 valence electrons. The summed E-state index contributed by atoms with van der Waals surface area (Å²) >= 11 is 9.04. The first-order valence-corrected chi connectivity index (χ1v) is 7.08. The van der Waals surface area contributed by atoms with Crippen molar-refractivity contribution < 1.29 is 9.50 Å². The van der Waals surface area contributed by atoms with Gasteiger partial charge in [0.1, 0.15) is 5.82 Å². The molecule has 0 bridgehead atoms. The summed E-state index contributed by atoms with van der Waals surface area (Å²) in [6.45, 7) is 0. The van der Waals surface area contributed by atoms with Gasteiger partial charge in [0, 0.05) is 5.02 Å². The average molecular weight is 344 g/mol. The van der Waals surface area contributed by atoms with Crippen molar-refractivity contribution in [1.82, 2.24) is 0 Å². The molecule has 0 saturated heterocycles. The maximum Gasteiger partial charge on any atom is 0.137 e. The maximum absolute atomic E-state index is 13.1. The minimum atomic E-state index is -0.518. The molecule has 19 heavy (non-hydrogen) atoms. The Bertz CT molecular complexity index is 574. The predicted molar refractivity (Wildman–Crippen MR) is 79.0 cm³/mol. The van der Waals surface area contributed by atoms with E-state index in [0.29, 0.717) is 22.3 Å².